The minimum atomic E-state index is -0.645. The number of carbonyl (C=O) groups is 2. The monoisotopic (exact) mass is 445 g/mol. The van der Waals surface area contributed by atoms with Gasteiger partial charge in [0.1, 0.15) is 5.82 Å². The zero-order valence-corrected chi connectivity index (χ0v) is 18.0. The van der Waals surface area contributed by atoms with Crippen LogP contribution in [0.5, 0.6) is 11.5 Å². The molecule has 0 saturated carbocycles. The van der Waals surface area contributed by atoms with Crippen LogP contribution in [-0.2, 0) is 9.53 Å². The zero-order valence-electron chi connectivity index (χ0n) is 18.0. The van der Waals surface area contributed by atoms with Crippen LogP contribution in [0.15, 0.2) is 77.4 Å². The van der Waals surface area contributed by atoms with Crippen LogP contribution in [0.4, 0.5) is 4.39 Å². The number of cyclic esters (lactones) is 1. The van der Waals surface area contributed by atoms with Gasteiger partial charge in [0, 0.05) is 5.56 Å². The van der Waals surface area contributed by atoms with Gasteiger partial charge in [-0.1, -0.05) is 23.8 Å². The molecule has 0 aliphatic carbocycles. The number of rotatable bonds is 6. The van der Waals surface area contributed by atoms with Crippen molar-refractivity contribution in [2.75, 3.05) is 6.61 Å². The summed E-state index contributed by atoms with van der Waals surface area (Å²) >= 11 is 0. The van der Waals surface area contributed by atoms with E-state index < -0.39 is 17.8 Å². The lowest BCUT2D eigenvalue weighted by Crippen LogP contribution is -2.09. The molecule has 33 heavy (non-hydrogen) atoms. The van der Waals surface area contributed by atoms with E-state index in [0.717, 1.165) is 5.56 Å². The van der Waals surface area contributed by atoms with E-state index in [1.54, 1.807) is 31.2 Å². The Bertz CT molecular complexity index is 1260. The molecule has 3 aromatic rings. The second kappa shape index (κ2) is 9.48. The minimum Gasteiger partial charge on any atom is -0.490 e. The fraction of sp³-hybridized carbons (Fsp3) is 0.115. The Labute approximate surface area is 189 Å². The first-order valence-electron chi connectivity index (χ1n) is 10.3. The van der Waals surface area contributed by atoms with Crippen LogP contribution in [0, 0.1) is 12.7 Å². The molecule has 0 spiro atoms. The Morgan fingerprint density at radius 3 is 2.45 bits per heavy atom. The molecule has 0 unspecified atom stereocenters. The highest BCUT2D eigenvalue weighted by Gasteiger charge is 2.24. The first-order valence-corrected chi connectivity index (χ1v) is 10.3. The van der Waals surface area contributed by atoms with Gasteiger partial charge in [-0.2, -0.15) is 0 Å². The third-order valence-electron chi connectivity index (χ3n) is 4.77. The zero-order chi connectivity index (χ0) is 23.4. The van der Waals surface area contributed by atoms with Gasteiger partial charge < -0.3 is 14.2 Å². The molecule has 0 radical (unpaired) electrons. The van der Waals surface area contributed by atoms with E-state index >= 15 is 0 Å². The third kappa shape index (κ3) is 5.15. The Kier molecular flexibility index (Phi) is 6.31. The van der Waals surface area contributed by atoms with E-state index in [1.807, 2.05) is 31.2 Å². The average molecular weight is 445 g/mol. The van der Waals surface area contributed by atoms with Crippen molar-refractivity contribution >= 4 is 23.9 Å². The van der Waals surface area contributed by atoms with Gasteiger partial charge in [0.15, 0.2) is 17.2 Å². The summed E-state index contributed by atoms with van der Waals surface area (Å²) in [5, 5.41) is 0. The van der Waals surface area contributed by atoms with Crippen LogP contribution in [0.2, 0.25) is 0 Å². The largest absolute Gasteiger partial charge is 0.490 e. The molecule has 0 saturated heterocycles. The lowest BCUT2D eigenvalue weighted by molar-refractivity contribution is -0.129. The molecule has 1 aliphatic rings. The third-order valence-corrected chi connectivity index (χ3v) is 4.77. The average Bonchev–Trinajstić information content (AvgIpc) is 3.16. The predicted octanol–water partition coefficient (Wildman–Crippen LogP) is 5.10. The van der Waals surface area contributed by atoms with Crippen LogP contribution < -0.4 is 9.47 Å². The van der Waals surface area contributed by atoms with Crippen LogP contribution in [0.3, 0.4) is 0 Å². The summed E-state index contributed by atoms with van der Waals surface area (Å²) in [7, 11) is 0. The fourth-order valence-electron chi connectivity index (χ4n) is 3.10. The molecule has 166 valence electrons. The molecule has 0 fully saturated rings. The molecule has 0 atom stereocenters. The van der Waals surface area contributed by atoms with Crippen molar-refractivity contribution in [3.63, 3.8) is 0 Å². The van der Waals surface area contributed by atoms with E-state index in [-0.39, 0.29) is 22.9 Å². The van der Waals surface area contributed by atoms with Crippen LogP contribution in [0.25, 0.3) is 6.08 Å². The number of aryl methyl sites for hydroxylation is 1. The standard InChI is InChI=1S/C26H20FNO5/c1-3-31-23-15-17(6-13-22(23)32-25(29)19-9-11-20(27)12-10-19)14-21-26(30)33-24(28-21)18-7-4-16(2)5-8-18/h4-15H,3H2,1-2H3/b21-14-. The summed E-state index contributed by atoms with van der Waals surface area (Å²) in [6, 6.07) is 17.4. The van der Waals surface area contributed by atoms with Crippen molar-refractivity contribution in [3.8, 4) is 11.5 Å². The number of aliphatic imine (C=N–C) groups is 1. The maximum Gasteiger partial charge on any atom is 0.363 e. The number of hydrogen-bond acceptors (Lipinski definition) is 6. The maximum atomic E-state index is 13.1. The molecule has 0 bridgehead atoms. The second-order valence-corrected chi connectivity index (χ2v) is 7.24. The summed E-state index contributed by atoms with van der Waals surface area (Å²) < 4.78 is 29.4. The smallest absolute Gasteiger partial charge is 0.363 e. The molecular weight excluding hydrogens is 425 g/mol. The van der Waals surface area contributed by atoms with E-state index in [4.69, 9.17) is 14.2 Å². The normalized spacial score (nSPS) is 14.1. The number of esters is 2. The Morgan fingerprint density at radius 1 is 1.03 bits per heavy atom. The Morgan fingerprint density at radius 2 is 1.76 bits per heavy atom. The highest BCUT2D eigenvalue weighted by molar-refractivity contribution is 6.12. The lowest BCUT2D eigenvalue weighted by atomic mass is 10.1. The molecule has 1 heterocycles. The molecule has 0 aromatic heterocycles. The first-order chi connectivity index (χ1) is 15.9. The van der Waals surface area contributed by atoms with Gasteiger partial charge in [0.25, 0.3) is 0 Å². The van der Waals surface area contributed by atoms with Gasteiger partial charge in [-0.25, -0.2) is 19.0 Å². The maximum absolute atomic E-state index is 13.1. The van der Waals surface area contributed by atoms with Gasteiger partial charge >= 0.3 is 11.9 Å². The summed E-state index contributed by atoms with van der Waals surface area (Å²) in [5.41, 5.74) is 2.75. The van der Waals surface area contributed by atoms with Crippen LogP contribution in [-0.4, -0.2) is 24.4 Å². The lowest BCUT2D eigenvalue weighted by Gasteiger charge is -2.11. The summed E-state index contributed by atoms with van der Waals surface area (Å²) in [5.74, 6) is -0.898. The molecule has 6 nitrogen and oxygen atoms in total. The molecule has 7 heteroatoms. The molecule has 0 N–H and O–H groups in total. The van der Waals surface area contributed by atoms with Gasteiger partial charge in [0.2, 0.25) is 5.90 Å². The summed E-state index contributed by atoms with van der Waals surface area (Å²) in [6.45, 7) is 4.09. The number of nitrogens with zero attached hydrogens (tertiary/aromatic N) is 1. The van der Waals surface area contributed by atoms with E-state index in [2.05, 4.69) is 4.99 Å². The SMILES string of the molecule is CCOc1cc(/C=C2\N=C(c3ccc(C)cc3)OC2=O)ccc1OC(=O)c1ccc(F)cc1. The number of benzene rings is 3. The quantitative estimate of drug-likeness (QED) is 0.300. The number of hydrogen-bond donors (Lipinski definition) is 0. The molecule has 0 amide bonds. The van der Waals surface area contributed by atoms with Crippen molar-refractivity contribution in [1.29, 1.82) is 0 Å². The van der Waals surface area contributed by atoms with Crippen LogP contribution >= 0.6 is 0 Å². The van der Waals surface area contributed by atoms with Gasteiger partial charge in [-0.05, 0) is 74.0 Å². The second-order valence-electron chi connectivity index (χ2n) is 7.24. The summed E-state index contributed by atoms with van der Waals surface area (Å²) in [6.07, 6.45) is 1.57. The molecule has 1 aliphatic heterocycles. The fourth-order valence-corrected chi connectivity index (χ4v) is 3.10. The first kappa shape index (κ1) is 22.0. The Balaban J connectivity index is 1.58. The van der Waals surface area contributed by atoms with E-state index in [0.29, 0.717) is 23.5 Å². The highest BCUT2D eigenvalue weighted by Crippen LogP contribution is 2.31. The van der Waals surface area contributed by atoms with Crippen LogP contribution in [0.1, 0.15) is 34.0 Å². The van der Waals surface area contributed by atoms with E-state index in [9.17, 15) is 14.0 Å². The number of halogens is 1. The number of carbonyl (C=O) groups excluding carboxylic acids is 2. The topological polar surface area (TPSA) is 74.2 Å². The van der Waals surface area contributed by atoms with Gasteiger partial charge in [-0.3, -0.25) is 0 Å². The Hall–Kier alpha value is -4.26. The molecular formula is C26H20FNO5. The molecule has 3 aromatic carbocycles. The van der Waals surface area contributed by atoms with Crippen molar-refractivity contribution in [2.45, 2.75) is 13.8 Å². The minimum absolute atomic E-state index is 0.143. The van der Waals surface area contributed by atoms with Crippen molar-refractivity contribution in [3.05, 3.63) is 100 Å². The van der Waals surface area contributed by atoms with Gasteiger partial charge in [-0.15, -0.1) is 0 Å². The van der Waals surface area contributed by atoms with E-state index in [1.165, 1.54) is 24.3 Å². The van der Waals surface area contributed by atoms with Crippen molar-refractivity contribution in [1.82, 2.24) is 0 Å². The summed E-state index contributed by atoms with van der Waals surface area (Å²) in [4.78, 5) is 29.0. The number of ether oxygens (including phenoxy) is 3. The van der Waals surface area contributed by atoms with Crippen molar-refractivity contribution < 1.29 is 28.2 Å². The predicted molar refractivity (Wildman–Crippen MR) is 121 cm³/mol. The molecule has 4 rings (SSSR count). The van der Waals surface area contributed by atoms with Crippen molar-refractivity contribution in [2.24, 2.45) is 4.99 Å². The van der Waals surface area contributed by atoms with Gasteiger partial charge in [0.05, 0.1) is 12.2 Å². The highest BCUT2D eigenvalue weighted by atomic mass is 19.1.